The van der Waals surface area contributed by atoms with Gasteiger partial charge in [-0.3, -0.25) is 4.79 Å². The van der Waals surface area contributed by atoms with Crippen molar-refractivity contribution in [1.29, 1.82) is 5.26 Å². The summed E-state index contributed by atoms with van der Waals surface area (Å²) in [5, 5.41) is 32.6. The van der Waals surface area contributed by atoms with Crippen molar-refractivity contribution in [3.63, 3.8) is 0 Å². The summed E-state index contributed by atoms with van der Waals surface area (Å²) in [7, 11) is 0. The highest BCUT2D eigenvalue weighted by molar-refractivity contribution is 9.10. The third kappa shape index (κ3) is 7.59. The summed E-state index contributed by atoms with van der Waals surface area (Å²) in [6.07, 6.45) is 0.227. The summed E-state index contributed by atoms with van der Waals surface area (Å²) in [5.41, 5.74) is 1.56. The van der Waals surface area contributed by atoms with Crippen LogP contribution in [0.5, 0.6) is 0 Å². The molecular formula is C24H30BrN3O3S. The Kier molecular flexibility index (Phi) is 11.2. The fraction of sp³-hybridized carbons (Fsp3) is 0.458. The van der Waals surface area contributed by atoms with Crippen LogP contribution in [-0.4, -0.2) is 39.1 Å². The number of carbonyl (C=O) groups is 1. The first-order valence-electron chi connectivity index (χ1n) is 10.8. The highest BCUT2D eigenvalue weighted by Crippen LogP contribution is 2.37. The monoisotopic (exact) mass is 519 g/mol. The molecule has 3 N–H and O–H groups in total. The number of nitrogens with one attached hydrogen (secondary N) is 1. The molecular weight excluding hydrogens is 490 g/mol. The van der Waals surface area contributed by atoms with Gasteiger partial charge in [0.25, 0.3) is 0 Å². The van der Waals surface area contributed by atoms with Gasteiger partial charge in [0.2, 0.25) is 5.91 Å². The molecule has 0 spiro atoms. The Morgan fingerprint density at radius 1 is 1.16 bits per heavy atom. The molecule has 1 heterocycles. The minimum absolute atomic E-state index is 0.177. The summed E-state index contributed by atoms with van der Waals surface area (Å²) in [4.78, 5) is 17.7. The zero-order chi connectivity index (χ0) is 23.5. The second kappa shape index (κ2) is 13.6. The number of carbonyl (C=O) groups excluding carboxylic acids is 1. The van der Waals surface area contributed by atoms with Crippen LogP contribution in [0.3, 0.4) is 0 Å². The molecule has 5 atom stereocenters. The second-order valence-corrected chi connectivity index (χ2v) is 9.54. The van der Waals surface area contributed by atoms with Crippen molar-refractivity contribution in [3.05, 3.63) is 64.4 Å². The van der Waals surface area contributed by atoms with Crippen LogP contribution in [0.25, 0.3) is 0 Å². The quantitative estimate of drug-likeness (QED) is 0.355. The van der Waals surface area contributed by atoms with Gasteiger partial charge in [-0.25, -0.2) is 4.98 Å². The van der Waals surface area contributed by atoms with Crippen LogP contribution in [0, 0.1) is 17.2 Å². The molecule has 0 saturated carbocycles. The smallest absolute Gasteiger partial charge is 0.239 e. The van der Waals surface area contributed by atoms with Crippen LogP contribution in [-0.2, 0) is 4.79 Å². The fourth-order valence-electron chi connectivity index (χ4n) is 3.34. The van der Waals surface area contributed by atoms with E-state index in [-0.39, 0.29) is 17.7 Å². The molecule has 2 unspecified atom stereocenters. The normalized spacial score (nSPS) is 15.8. The highest BCUT2D eigenvalue weighted by Gasteiger charge is 2.33. The van der Waals surface area contributed by atoms with Crippen LogP contribution in [0.15, 0.2) is 53.1 Å². The number of pyridine rings is 1. The Balaban J connectivity index is 2.28. The van der Waals surface area contributed by atoms with Crippen molar-refractivity contribution in [3.8, 4) is 6.07 Å². The van der Waals surface area contributed by atoms with Gasteiger partial charge in [-0.1, -0.05) is 56.7 Å². The van der Waals surface area contributed by atoms with E-state index in [1.54, 1.807) is 25.1 Å². The number of halogens is 1. The van der Waals surface area contributed by atoms with Gasteiger partial charge in [0, 0.05) is 5.75 Å². The lowest BCUT2D eigenvalue weighted by molar-refractivity contribution is -0.124. The van der Waals surface area contributed by atoms with Crippen LogP contribution in [0.4, 0.5) is 0 Å². The summed E-state index contributed by atoms with van der Waals surface area (Å²) < 4.78 is 0.597. The predicted molar refractivity (Wildman–Crippen MR) is 131 cm³/mol. The maximum absolute atomic E-state index is 13.3. The van der Waals surface area contributed by atoms with E-state index in [0.29, 0.717) is 16.7 Å². The second-order valence-electron chi connectivity index (χ2n) is 7.55. The lowest BCUT2D eigenvalue weighted by Gasteiger charge is -2.26. The van der Waals surface area contributed by atoms with Crippen molar-refractivity contribution in [2.24, 2.45) is 5.92 Å². The van der Waals surface area contributed by atoms with Gasteiger partial charge in [0.1, 0.15) is 10.5 Å². The lowest BCUT2D eigenvalue weighted by atomic mass is 9.98. The molecule has 8 heteroatoms. The minimum Gasteiger partial charge on any atom is -0.390 e. The SMILES string of the molecule is CCC[C@H](NC(=O)C(C#N)C(SC[C@H](O)[C@@H](O)CC)c1cccc(Br)n1)c1ccccc1. The summed E-state index contributed by atoms with van der Waals surface area (Å²) in [6, 6.07) is 17.0. The topological polar surface area (TPSA) is 106 Å². The number of amides is 1. The van der Waals surface area contributed by atoms with Crippen LogP contribution >= 0.6 is 27.7 Å². The predicted octanol–water partition coefficient (Wildman–Crippen LogP) is 4.55. The Labute approximate surface area is 202 Å². The van der Waals surface area contributed by atoms with Crippen molar-refractivity contribution in [2.45, 2.75) is 56.6 Å². The van der Waals surface area contributed by atoms with E-state index in [9.17, 15) is 20.3 Å². The molecule has 0 fully saturated rings. The fourth-order valence-corrected chi connectivity index (χ4v) is 5.00. The van der Waals surface area contributed by atoms with Crippen LogP contribution < -0.4 is 5.32 Å². The zero-order valence-corrected chi connectivity index (χ0v) is 20.7. The van der Waals surface area contributed by atoms with Gasteiger partial charge in [-0.05, 0) is 46.5 Å². The number of benzene rings is 1. The van der Waals surface area contributed by atoms with Gasteiger partial charge in [0.15, 0.2) is 0 Å². The third-order valence-corrected chi connectivity index (χ3v) is 7.01. The van der Waals surface area contributed by atoms with Gasteiger partial charge >= 0.3 is 0 Å². The number of rotatable bonds is 12. The van der Waals surface area contributed by atoms with Gasteiger partial charge < -0.3 is 15.5 Å². The molecule has 6 nitrogen and oxygen atoms in total. The number of nitriles is 1. The first kappa shape index (κ1) is 26.3. The molecule has 172 valence electrons. The number of aliphatic hydroxyl groups excluding tert-OH is 2. The standard InChI is InChI=1S/C24H30BrN3O3S/c1-3-9-18(16-10-6-5-7-11-16)28-24(31)17(14-26)23(19-12-8-13-22(25)27-19)32-15-21(30)20(29)4-2/h5-8,10-13,17-18,20-21,23,29-30H,3-4,9,15H2,1-2H3,(H,28,31)/t17?,18-,20-,21-,23?/m0/s1. The molecule has 0 aliphatic carbocycles. The summed E-state index contributed by atoms with van der Waals surface area (Å²) >= 11 is 4.61. The van der Waals surface area contributed by atoms with E-state index in [1.165, 1.54) is 11.8 Å². The molecule has 1 aromatic heterocycles. The first-order valence-corrected chi connectivity index (χ1v) is 12.6. The molecule has 0 radical (unpaired) electrons. The molecule has 0 aliphatic heterocycles. The number of hydrogen-bond donors (Lipinski definition) is 3. The third-order valence-electron chi connectivity index (χ3n) is 5.16. The lowest BCUT2D eigenvalue weighted by Crippen LogP contribution is -2.36. The molecule has 2 aromatic rings. The van der Waals surface area contributed by atoms with Gasteiger partial charge in [-0.15, -0.1) is 11.8 Å². The zero-order valence-electron chi connectivity index (χ0n) is 18.3. The van der Waals surface area contributed by atoms with Crippen molar-refractivity contribution in [1.82, 2.24) is 10.3 Å². The average Bonchev–Trinajstić information content (AvgIpc) is 2.81. The van der Waals surface area contributed by atoms with Crippen molar-refractivity contribution in [2.75, 3.05) is 5.75 Å². The molecule has 1 amide bonds. The number of hydrogen-bond acceptors (Lipinski definition) is 6. The molecule has 1 aromatic carbocycles. The van der Waals surface area contributed by atoms with Crippen molar-refractivity contribution < 1.29 is 15.0 Å². The number of aliphatic hydroxyl groups is 2. The number of thioether (sulfide) groups is 1. The van der Waals surface area contributed by atoms with Gasteiger partial charge in [0.05, 0.1) is 35.3 Å². The Morgan fingerprint density at radius 3 is 2.47 bits per heavy atom. The van der Waals surface area contributed by atoms with Crippen LogP contribution in [0.2, 0.25) is 0 Å². The number of nitrogens with zero attached hydrogens (tertiary/aromatic N) is 2. The summed E-state index contributed by atoms with van der Waals surface area (Å²) in [6.45, 7) is 3.84. The van der Waals surface area contributed by atoms with E-state index >= 15 is 0 Å². The summed E-state index contributed by atoms with van der Waals surface area (Å²) in [5.74, 6) is -1.22. The van der Waals surface area contributed by atoms with E-state index in [1.807, 2.05) is 37.3 Å². The van der Waals surface area contributed by atoms with E-state index in [0.717, 1.165) is 18.4 Å². The molecule has 0 saturated heterocycles. The maximum atomic E-state index is 13.3. The first-order chi connectivity index (χ1) is 15.4. The largest absolute Gasteiger partial charge is 0.390 e. The molecule has 0 bridgehead atoms. The Bertz CT molecular complexity index is 894. The van der Waals surface area contributed by atoms with E-state index < -0.39 is 23.4 Å². The molecule has 2 rings (SSSR count). The molecule has 0 aliphatic rings. The van der Waals surface area contributed by atoms with E-state index in [4.69, 9.17) is 0 Å². The Hall–Kier alpha value is -1.92. The molecule has 32 heavy (non-hydrogen) atoms. The Morgan fingerprint density at radius 2 is 1.88 bits per heavy atom. The minimum atomic E-state index is -1.02. The van der Waals surface area contributed by atoms with Crippen molar-refractivity contribution >= 4 is 33.6 Å². The highest BCUT2D eigenvalue weighted by atomic mass is 79.9. The number of aromatic nitrogens is 1. The van der Waals surface area contributed by atoms with E-state index in [2.05, 4.69) is 32.3 Å². The maximum Gasteiger partial charge on any atom is 0.239 e. The van der Waals surface area contributed by atoms with Gasteiger partial charge in [-0.2, -0.15) is 5.26 Å². The average molecular weight is 520 g/mol. The van der Waals surface area contributed by atoms with Crippen LogP contribution in [0.1, 0.15) is 55.7 Å².